The number of rotatable bonds is 40. The van der Waals surface area contributed by atoms with Gasteiger partial charge in [-0.2, -0.15) is 0 Å². The average Bonchev–Trinajstić information content (AvgIpc) is 3.22. The van der Waals surface area contributed by atoms with Gasteiger partial charge >= 0.3 is 5.97 Å². The largest absolute Gasteiger partial charge is 0.463 e. The molecule has 0 spiro atoms. The first kappa shape index (κ1) is 51.9. The molecule has 0 aliphatic rings. The van der Waals surface area contributed by atoms with E-state index in [0.29, 0.717) is 132 Å². The Morgan fingerprint density at radius 2 is 0.741 bits per heavy atom. The lowest BCUT2D eigenvalue weighted by Gasteiger charge is -2.43. The van der Waals surface area contributed by atoms with Crippen LogP contribution >= 0.6 is 0 Å². The van der Waals surface area contributed by atoms with E-state index in [2.05, 4.69) is 88.4 Å². The van der Waals surface area contributed by atoms with Gasteiger partial charge in [0.15, 0.2) is 0 Å². The second-order valence-corrected chi connectivity index (χ2v) is 19.1. The molecule has 0 saturated carbocycles. The Bertz CT molecular complexity index is 1160. The van der Waals surface area contributed by atoms with Crippen LogP contribution in [-0.4, -0.2) is 146 Å². The van der Waals surface area contributed by atoms with Crippen LogP contribution in [0, 0.1) is 0 Å². The van der Waals surface area contributed by atoms with Crippen LogP contribution in [0.25, 0.3) is 0 Å². The number of unbranched alkanes of at least 4 members (excludes halogenated alkanes) is 5. The highest BCUT2D eigenvalue weighted by atomic mass is 28.4. The summed E-state index contributed by atoms with van der Waals surface area (Å²) in [4.78, 5) is 11.7. The first-order chi connectivity index (χ1) is 28.4. The molecule has 2 rings (SSSR count). The zero-order valence-corrected chi connectivity index (χ0v) is 37.3. The quantitative estimate of drug-likeness (QED) is 0.0445. The fourth-order valence-corrected chi connectivity index (χ4v) is 10.8. The predicted molar refractivity (Wildman–Crippen MR) is 230 cm³/mol. The standard InChI is InChI=1S/C45H76O12Si/c1-5-6-7-8-9-16-21-44(46)56-40-38-54-36-34-52-32-30-50-28-26-48-24-22-47-23-25-49-27-29-51-31-33-53-35-37-55-39-41-57-58(45(2,3)4,42-17-12-10-13-18-42)43-19-14-11-15-20-43/h10-15,17-20H,5-9,16,21-41H2,1-4H3. The molecule has 0 saturated heterocycles. The van der Waals surface area contributed by atoms with Crippen molar-refractivity contribution in [2.45, 2.75) is 77.7 Å². The number of hydrogen-bond donors (Lipinski definition) is 0. The molecule has 0 amide bonds. The van der Waals surface area contributed by atoms with E-state index in [9.17, 15) is 4.79 Å². The van der Waals surface area contributed by atoms with Crippen LogP contribution in [0.4, 0.5) is 0 Å². The highest BCUT2D eigenvalue weighted by Crippen LogP contribution is 2.36. The minimum absolute atomic E-state index is 0.0596. The molecular weight excluding hydrogens is 761 g/mol. The molecule has 2 aromatic carbocycles. The molecular formula is C45H76O12Si. The van der Waals surface area contributed by atoms with Crippen LogP contribution in [0.1, 0.15) is 72.6 Å². The van der Waals surface area contributed by atoms with E-state index >= 15 is 0 Å². The Kier molecular flexibility index (Phi) is 31.7. The SMILES string of the molecule is CCCCCCCCC(=O)OCCOCCOCCOCCOCCOCCOCCOCCOCCOCCO[Si](c1ccccc1)(c1ccccc1)C(C)(C)C. The van der Waals surface area contributed by atoms with Gasteiger partial charge in [-0.1, -0.05) is 120 Å². The molecule has 0 aromatic heterocycles. The Morgan fingerprint density at radius 3 is 1.09 bits per heavy atom. The second kappa shape index (κ2) is 35.5. The Morgan fingerprint density at radius 1 is 0.431 bits per heavy atom. The summed E-state index contributed by atoms with van der Waals surface area (Å²) in [7, 11) is -2.54. The summed E-state index contributed by atoms with van der Waals surface area (Å²) in [6.07, 6.45) is 7.41. The third-order valence-corrected chi connectivity index (χ3v) is 14.2. The maximum absolute atomic E-state index is 11.7. The third-order valence-electron chi connectivity index (χ3n) is 9.16. The predicted octanol–water partition coefficient (Wildman–Crippen LogP) is 6.01. The van der Waals surface area contributed by atoms with Crippen LogP contribution in [-0.2, 0) is 56.6 Å². The van der Waals surface area contributed by atoms with E-state index in [-0.39, 0.29) is 17.6 Å². The molecule has 0 heterocycles. The van der Waals surface area contributed by atoms with Crippen LogP contribution in [0.2, 0.25) is 5.04 Å². The van der Waals surface area contributed by atoms with Crippen LogP contribution in [0.15, 0.2) is 60.7 Å². The summed E-state index contributed by atoms with van der Waals surface area (Å²) in [5.41, 5.74) is 0. The number of carbonyl (C=O) groups excluding carboxylic acids is 1. The number of hydrogen-bond acceptors (Lipinski definition) is 12. The molecule has 58 heavy (non-hydrogen) atoms. The summed E-state index contributed by atoms with van der Waals surface area (Å²) in [5, 5.41) is 2.47. The summed E-state index contributed by atoms with van der Waals surface area (Å²) >= 11 is 0. The van der Waals surface area contributed by atoms with Gasteiger partial charge in [-0.15, -0.1) is 0 Å². The van der Waals surface area contributed by atoms with E-state index in [1.165, 1.54) is 36.1 Å². The van der Waals surface area contributed by atoms with Crippen LogP contribution < -0.4 is 10.4 Å². The van der Waals surface area contributed by atoms with E-state index in [1.807, 2.05) is 0 Å². The fraction of sp³-hybridized carbons (Fsp3) is 0.711. The van der Waals surface area contributed by atoms with Crippen molar-refractivity contribution < 1.29 is 56.6 Å². The molecule has 0 aliphatic carbocycles. The molecule has 0 aliphatic heterocycles. The van der Waals surface area contributed by atoms with E-state index in [4.69, 9.17) is 51.8 Å². The van der Waals surface area contributed by atoms with Crippen molar-refractivity contribution >= 4 is 24.7 Å². The topological polar surface area (TPSA) is 119 Å². The monoisotopic (exact) mass is 837 g/mol. The Hall–Kier alpha value is -2.27. The summed E-state index contributed by atoms with van der Waals surface area (Å²) < 4.78 is 62.2. The fourth-order valence-electron chi connectivity index (χ4n) is 6.21. The van der Waals surface area contributed by atoms with Crippen molar-refractivity contribution in [2.24, 2.45) is 0 Å². The van der Waals surface area contributed by atoms with E-state index in [0.717, 1.165) is 12.8 Å². The smallest absolute Gasteiger partial charge is 0.305 e. The van der Waals surface area contributed by atoms with Gasteiger partial charge in [0.2, 0.25) is 0 Å². The Labute approximate surface area is 350 Å². The van der Waals surface area contributed by atoms with Gasteiger partial charge in [0, 0.05) is 6.42 Å². The molecule has 12 nitrogen and oxygen atoms in total. The average molecular weight is 837 g/mol. The maximum Gasteiger partial charge on any atom is 0.305 e. The van der Waals surface area contributed by atoms with Crippen LogP contribution in [0.5, 0.6) is 0 Å². The van der Waals surface area contributed by atoms with Crippen molar-refractivity contribution in [3.8, 4) is 0 Å². The zero-order valence-electron chi connectivity index (χ0n) is 36.3. The maximum atomic E-state index is 11.7. The molecule has 0 unspecified atom stereocenters. The molecule has 0 bridgehead atoms. The minimum Gasteiger partial charge on any atom is -0.463 e. The number of ether oxygens (including phenoxy) is 10. The first-order valence-corrected chi connectivity index (χ1v) is 23.4. The lowest BCUT2D eigenvalue weighted by Crippen LogP contribution is -2.66. The highest BCUT2D eigenvalue weighted by Gasteiger charge is 2.50. The first-order valence-electron chi connectivity index (χ1n) is 21.5. The molecule has 0 atom stereocenters. The van der Waals surface area contributed by atoms with Gasteiger partial charge in [0.25, 0.3) is 8.32 Å². The second-order valence-electron chi connectivity index (χ2n) is 14.8. The molecule has 2 aromatic rings. The number of carbonyl (C=O) groups is 1. The van der Waals surface area contributed by atoms with Gasteiger partial charge in [-0.05, 0) is 21.8 Å². The molecule has 0 radical (unpaired) electrons. The van der Waals surface area contributed by atoms with E-state index in [1.54, 1.807) is 0 Å². The van der Waals surface area contributed by atoms with Crippen LogP contribution in [0.3, 0.4) is 0 Å². The lowest BCUT2D eigenvalue weighted by atomic mass is 10.1. The van der Waals surface area contributed by atoms with Gasteiger partial charge in [0.05, 0.1) is 126 Å². The summed E-state index contributed by atoms with van der Waals surface area (Å²) in [5.74, 6) is -0.144. The highest BCUT2D eigenvalue weighted by molar-refractivity contribution is 6.99. The normalized spacial score (nSPS) is 12.0. The van der Waals surface area contributed by atoms with Gasteiger partial charge < -0.3 is 51.8 Å². The van der Waals surface area contributed by atoms with Crippen molar-refractivity contribution in [2.75, 3.05) is 132 Å². The molecule has 0 N–H and O–H groups in total. The van der Waals surface area contributed by atoms with Gasteiger partial charge in [0.1, 0.15) is 6.61 Å². The van der Waals surface area contributed by atoms with E-state index < -0.39 is 8.32 Å². The zero-order chi connectivity index (χ0) is 41.7. The molecule has 332 valence electrons. The summed E-state index contributed by atoms with van der Waals surface area (Å²) in [6.45, 7) is 18.6. The lowest BCUT2D eigenvalue weighted by molar-refractivity contribution is -0.145. The van der Waals surface area contributed by atoms with Crippen molar-refractivity contribution in [1.82, 2.24) is 0 Å². The molecule has 13 heteroatoms. The van der Waals surface area contributed by atoms with Crippen molar-refractivity contribution in [3.05, 3.63) is 60.7 Å². The van der Waals surface area contributed by atoms with Gasteiger partial charge in [-0.25, -0.2) is 0 Å². The third kappa shape index (κ3) is 24.7. The summed E-state index contributed by atoms with van der Waals surface area (Å²) in [6, 6.07) is 21.3. The van der Waals surface area contributed by atoms with Crippen molar-refractivity contribution in [1.29, 1.82) is 0 Å². The minimum atomic E-state index is -2.54. The Balaban J connectivity index is 1.28. The van der Waals surface area contributed by atoms with Crippen molar-refractivity contribution in [3.63, 3.8) is 0 Å². The number of esters is 1. The van der Waals surface area contributed by atoms with Gasteiger partial charge in [-0.3, -0.25) is 4.79 Å². The molecule has 0 fully saturated rings. The number of benzene rings is 2.